The topological polar surface area (TPSA) is 164 Å². The van der Waals surface area contributed by atoms with Gasteiger partial charge in [-0.25, -0.2) is 24.1 Å². The number of nitrogens with two attached hydrogens (primary N) is 1. The van der Waals surface area contributed by atoms with E-state index in [1.165, 1.54) is 23.3 Å². The molecule has 1 aliphatic heterocycles. The van der Waals surface area contributed by atoms with Gasteiger partial charge in [0.1, 0.15) is 36.0 Å². The van der Waals surface area contributed by atoms with Crippen molar-refractivity contribution in [2.45, 2.75) is 57.1 Å². The van der Waals surface area contributed by atoms with Crippen LogP contribution in [0.3, 0.4) is 0 Å². The number of aromatic nitrogens is 4. The van der Waals surface area contributed by atoms with Crippen molar-refractivity contribution in [1.29, 1.82) is 0 Å². The van der Waals surface area contributed by atoms with Crippen LogP contribution in [0.2, 0.25) is 0 Å². The minimum atomic E-state index is -1.19. The lowest BCUT2D eigenvalue weighted by Gasteiger charge is -2.23. The van der Waals surface area contributed by atoms with Gasteiger partial charge in [0, 0.05) is 18.8 Å². The number of ether oxygens (including phenoxy) is 1. The van der Waals surface area contributed by atoms with Crippen LogP contribution in [-0.4, -0.2) is 85.7 Å². The van der Waals surface area contributed by atoms with Crippen LogP contribution in [0, 0.1) is 5.82 Å². The number of urea groups is 1. The third kappa shape index (κ3) is 6.01. The summed E-state index contributed by atoms with van der Waals surface area (Å²) in [6, 6.07) is 4.25. The standard InChI is InChI=1S/C25H35FN8O4/c1-25(2,3)15-7-6-14(10-16(15)26)32-24(37)28-8-5-9-33(4)11-17-19(35)20(36)23(38-17)34-13-31-18-21(27)29-12-30-22(18)34/h6-7,10,12-13,17,19-20,23,35-36H,5,8-9,11H2,1-4H3,(H2,27,29,30)(H2,28,32,37). The smallest absolute Gasteiger partial charge is 0.319 e. The SMILES string of the molecule is CN(CCCNC(=O)Nc1ccc(C(C)(C)C)c(F)c1)CC1OC(n2cnc3c(N)ncnc32)C(O)C1O. The predicted molar refractivity (Wildman–Crippen MR) is 140 cm³/mol. The number of likely N-dealkylation sites (N-methyl/N-ethyl adjacent to an activating group) is 1. The fourth-order valence-corrected chi connectivity index (χ4v) is 4.49. The number of fused-ring (bicyclic) bond motifs is 1. The van der Waals surface area contributed by atoms with Crippen LogP contribution in [0.25, 0.3) is 11.2 Å². The molecule has 2 amide bonds. The maximum absolute atomic E-state index is 14.4. The van der Waals surface area contributed by atoms with E-state index in [0.29, 0.717) is 48.5 Å². The highest BCUT2D eigenvalue weighted by molar-refractivity contribution is 5.89. The number of amides is 2. The number of hydrogen-bond acceptors (Lipinski definition) is 9. The number of hydrogen-bond donors (Lipinski definition) is 5. The van der Waals surface area contributed by atoms with Crippen LogP contribution >= 0.6 is 0 Å². The lowest BCUT2D eigenvalue weighted by Crippen LogP contribution is -2.39. The Hall–Kier alpha value is -3.39. The highest BCUT2D eigenvalue weighted by Gasteiger charge is 2.44. The van der Waals surface area contributed by atoms with E-state index >= 15 is 0 Å². The Morgan fingerprint density at radius 3 is 2.71 bits per heavy atom. The van der Waals surface area contributed by atoms with Gasteiger partial charge in [0.2, 0.25) is 0 Å². The Labute approximate surface area is 220 Å². The van der Waals surface area contributed by atoms with E-state index in [1.807, 2.05) is 32.7 Å². The second-order valence-electron chi connectivity index (χ2n) is 10.6. The van der Waals surface area contributed by atoms with Crippen molar-refractivity contribution >= 4 is 28.7 Å². The number of carbonyl (C=O) groups is 1. The van der Waals surface area contributed by atoms with E-state index in [2.05, 4.69) is 25.6 Å². The number of halogens is 1. The monoisotopic (exact) mass is 530 g/mol. The maximum atomic E-state index is 14.4. The van der Waals surface area contributed by atoms with Crippen molar-refractivity contribution in [1.82, 2.24) is 29.7 Å². The Bertz CT molecular complexity index is 1280. The Morgan fingerprint density at radius 1 is 1.24 bits per heavy atom. The molecule has 1 aromatic carbocycles. The number of aliphatic hydroxyl groups excluding tert-OH is 2. The molecular formula is C25H35FN8O4. The van der Waals surface area contributed by atoms with Crippen molar-refractivity contribution in [2.24, 2.45) is 0 Å². The number of anilines is 2. The number of nitrogens with one attached hydrogen (secondary N) is 2. The van der Waals surface area contributed by atoms with Crippen molar-refractivity contribution in [2.75, 3.05) is 37.7 Å². The third-order valence-corrected chi connectivity index (χ3v) is 6.53. The Balaban J connectivity index is 1.22. The zero-order chi connectivity index (χ0) is 27.6. The molecule has 2 aromatic heterocycles. The molecule has 3 heterocycles. The van der Waals surface area contributed by atoms with Gasteiger partial charge in [-0.15, -0.1) is 0 Å². The van der Waals surface area contributed by atoms with Gasteiger partial charge < -0.3 is 36.2 Å². The summed E-state index contributed by atoms with van der Waals surface area (Å²) in [6.07, 6.45) is -0.462. The zero-order valence-electron chi connectivity index (χ0n) is 21.9. The molecule has 0 aliphatic carbocycles. The summed E-state index contributed by atoms with van der Waals surface area (Å²) in [6.45, 7) is 7.12. The third-order valence-electron chi connectivity index (χ3n) is 6.53. The van der Waals surface area contributed by atoms with Crippen molar-refractivity contribution in [3.05, 3.63) is 42.2 Å². The number of nitrogens with zero attached hydrogens (tertiary/aromatic N) is 5. The van der Waals surface area contributed by atoms with E-state index in [0.717, 1.165) is 0 Å². The molecule has 1 fully saturated rings. The van der Waals surface area contributed by atoms with Gasteiger partial charge >= 0.3 is 6.03 Å². The molecule has 4 unspecified atom stereocenters. The van der Waals surface area contributed by atoms with Crippen molar-refractivity contribution < 1.29 is 24.1 Å². The predicted octanol–water partition coefficient (Wildman–Crippen LogP) is 1.61. The molecule has 38 heavy (non-hydrogen) atoms. The summed E-state index contributed by atoms with van der Waals surface area (Å²) >= 11 is 0. The van der Waals surface area contributed by atoms with E-state index in [1.54, 1.807) is 12.1 Å². The van der Waals surface area contributed by atoms with Crippen LogP contribution in [0.4, 0.5) is 20.7 Å². The number of imidazole rings is 1. The van der Waals surface area contributed by atoms with E-state index in [4.69, 9.17) is 10.5 Å². The maximum Gasteiger partial charge on any atom is 0.319 e. The van der Waals surface area contributed by atoms with Crippen molar-refractivity contribution in [3.63, 3.8) is 0 Å². The average Bonchev–Trinajstić information content (AvgIpc) is 3.38. The molecule has 0 saturated carbocycles. The van der Waals surface area contributed by atoms with Gasteiger partial charge in [-0.3, -0.25) is 4.57 Å². The van der Waals surface area contributed by atoms with Crippen molar-refractivity contribution in [3.8, 4) is 0 Å². The molecule has 0 radical (unpaired) electrons. The Morgan fingerprint density at radius 2 is 2.00 bits per heavy atom. The number of carbonyl (C=O) groups excluding carboxylic acids is 1. The van der Waals surface area contributed by atoms with Gasteiger partial charge in [-0.1, -0.05) is 26.8 Å². The lowest BCUT2D eigenvalue weighted by molar-refractivity contribution is -0.0421. The second-order valence-corrected chi connectivity index (χ2v) is 10.6. The summed E-state index contributed by atoms with van der Waals surface area (Å²) in [4.78, 5) is 26.4. The largest absolute Gasteiger partial charge is 0.387 e. The molecule has 4 rings (SSSR count). The summed E-state index contributed by atoms with van der Waals surface area (Å²) in [7, 11) is 1.86. The highest BCUT2D eigenvalue weighted by atomic mass is 19.1. The average molecular weight is 531 g/mol. The van der Waals surface area contributed by atoms with Crippen LogP contribution in [0.1, 0.15) is 39.0 Å². The number of aliphatic hydroxyl groups is 2. The van der Waals surface area contributed by atoms with Crippen LogP contribution in [0.15, 0.2) is 30.9 Å². The molecular weight excluding hydrogens is 495 g/mol. The first-order valence-electron chi connectivity index (χ1n) is 12.4. The molecule has 0 spiro atoms. The van der Waals surface area contributed by atoms with Crippen LogP contribution in [0.5, 0.6) is 0 Å². The summed E-state index contributed by atoms with van der Waals surface area (Å²) in [5.41, 5.74) is 7.26. The minimum Gasteiger partial charge on any atom is -0.387 e. The molecule has 3 aromatic rings. The first kappa shape index (κ1) is 27.6. The molecule has 6 N–H and O–H groups in total. The molecule has 1 aliphatic rings. The minimum absolute atomic E-state index is 0.214. The van der Waals surface area contributed by atoms with Gasteiger partial charge in [-0.05, 0) is 43.1 Å². The van der Waals surface area contributed by atoms with Crippen LogP contribution in [-0.2, 0) is 10.2 Å². The van der Waals surface area contributed by atoms with Gasteiger partial charge in [0.05, 0.1) is 6.33 Å². The fourth-order valence-electron chi connectivity index (χ4n) is 4.49. The number of rotatable bonds is 8. The second kappa shape index (κ2) is 11.2. The normalized spacial score (nSPS) is 21.8. The first-order valence-corrected chi connectivity index (χ1v) is 12.4. The lowest BCUT2D eigenvalue weighted by atomic mass is 9.86. The van der Waals surface area contributed by atoms with Gasteiger partial charge in [-0.2, -0.15) is 0 Å². The highest BCUT2D eigenvalue weighted by Crippen LogP contribution is 2.32. The molecule has 13 heteroatoms. The molecule has 206 valence electrons. The van der Waals surface area contributed by atoms with E-state index in [9.17, 15) is 19.4 Å². The zero-order valence-corrected chi connectivity index (χ0v) is 21.9. The summed E-state index contributed by atoms with van der Waals surface area (Å²) in [5, 5.41) is 26.6. The first-order chi connectivity index (χ1) is 18.0. The molecule has 0 bridgehead atoms. The quantitative estimate of drug-likeness (QED) is 0.272. The fraction of sp³-hybridized carbons (Fsp3) is 0.520. The van der Waals surface area contributed by atoms with Gasteiger partial charge in [0.25, 0.3) is 0 Å². The van der Waals surface area contributed by atoms with E-state index in [-0.39, 0.29) is 17.1 Å². The number of nitrogen functional groups attached to an aromatic ring is 1. The summed E-state index contributed by atoms with van der Waals surface area (Å²) < 4.78 is 21.9. The molecule has 1 saturated heterocycles. The molecule has 12 nitrogen and oxygen atoms in total. The molecule has 4 atom stereocenters. The summed E-state index contributed by atoms with van der Waals surface area (Å²) in [5.74, 6) is -0.148. The van der Waals surface area contributed by atoms with Crippen LogP contribution < -0.4 is 16.4 Å². The van der Waals surface area contributed by atoms with Gasteiger partial charge in [0.15, 0.2) is 17.7 Å². The van der Waals surface area contributed by atoms with E-state index < -0.39 is 30.6 Å². The Kier molecular flexibility index (Phi) is 8.11. The number of benzene rings is 1.